The summed E-state index contributed by atoms with van der Waals surface area (Å²) in [6, 6.07) is 14.6. The fraction of sp³-hybridized carbons (Fsp3) is 0.235. The van der Waals surface area contributed by atoms with Gasteiger partial charge in [-0.1, -0.05) is 42.5 Å². The average Bonchev–Trinajstić information content (AvgIpc) is 2.91. The van der Waals surface area contributed by atoms with E-state index in [2.05, 4.69) is 48.1 Å². The Balaban J connectivity index is 1.80. The van der Waals surface area contributed by atoms with Crippen LogP contribution in [0.2, 0.25) is 0 Å². The molecule has 0 aliphatic heterocycles. The molecule has 0 saturated heterocycles. The van der Waals surface area contributed by atoms with E-state index in [4.69, 9.17) is 5.73 Å². The lowest BCUT2D eigenvalue weighted by atomic mass is 10.1. The zero-order valence-corrected chi connectivity index (χ0v) is 13.2. The summed E-state index contributed by atoms with van der Waals surface area (Å²) >= 11 is 1.68. The van der Waals surface area contributed by atoms with Gasteiger partial charge in [-0.15, -0.1) is 0 Å². The van der Waals surface area contributed by atoms with Crippen LogP contribution in [-0.4, -0.2) is 12.0 Å². The molecule has 0 atom stereocenters. The molecule has 0 spiro atoms. The number of hydrogen-bond acceptors (Lipinski definition) is 4. The first kappa shape index (κ1) is 13.9. The number of aromatic nitrogens is 1. The monoisotopic (exact) mass is 297 g/mol. The Morgan fingerprint density at radius 1 is 1.10 bits per heavy atom. The summed E-state index contributed by atoms with van der Waals surface area (Å²) < 4.78 is 1.14. The molecule has 21 heavy (non-hydrogen) atoms. The van der Waals surface area contributed by atoms with Gasteiger partial charge in [0.05, 0.1) is 10.2 Å². The van der Waals surface area contributed by atoms with Gasteiger partial charge in [-0.25, -0.2) is 4.98 Å². The maximum atomic E-state index is 5.83. The standard InChI is InChI=1S/C17H19N3S/c1-3-12-4-6-13(7-5-12)11-20(2)17-19-15-9-8-14(18)10-16(15)21-17/h4-10H,3,11,18H2,1-2H3. The Labute approximate surface area is 129 Å². The van der Waals surface area contributed by atoms with Crippen molar-refractivity contribution in [3.63, 3.8) is 0 Å². The van der Waals surface area contributed by atoms with Gasteiger partial charge in [0.25, 0.3) is 0 Å². The molecule has 108 valence electrons. The van der Waals surface area contributed by atoms with Crippen LogP contribution in [0.3, 0.4) is 0 Å². The maximum absolute atomic E-state index is 5.83. The van der Waals surface area contributed by atoms with Crippen molar-refractivity contribution in [1.82, 2.24) is 4.98 Å². The summed E-state index contributed by atoms with van der Waals surface area (Å²) in [5.41, 5.74) is 10.3. The van der Waals surface area contributed by atoms with Gasteiger partial charge < -0.3 is 10.6 Å². The summed E-state index contributed by atoms with van der Waals surface area (Å²) in [5, 5.41) is 1.02. The fourth-order valence-corrected chi connectivity index (χ4v) is 3.29. The molecule has 0 saturated carbocycles. The topological polar surface area (TPSA) is 42.2 Å². The predicted octanol–water partition coefficient (Wildman–Crippen LogP) is 4.08. The second-order valence-electron chi connectivity index (χ2n) is 5.25. The molecule has 0 bridgehead atoms. The van der Waals surface area contributed by atoms with Crippen LogP contribution in [0.5, 0.6) is 0 Å². The van der Waals surface area contributed by atoms with Crippen molar-refractivity contribution in [2.75, 3.05) is 17.7 Å². The number of rotatable bonds is 4. The molecular formula is C17H19N3S. The molecule has 0 aliphatic rings. The predicted molar refractivity (Wildman–Crippen MR) is 92.0 cm³/mol. The zero-order valence-electron chi connectivity index (χ0n) is 12.3. The van der Waals surface area contributed by atoms with E-state index in [0.29, 0.717) is 0 Å². The van der Waals surface area contributed by atoms with Gasteiger partial charge in [-0.2, -0.15) is 0 Å². The Morgan fingerprint density at radius 3 is 2.52 bits per heavy atom. The van der Waals surface area contributed by atoms with Crippen LogP contribution in [-0.2, 0) is 13.0 Å². The first-order valence-corrected chi connectivity index (χ1v) is 7.92. The molecule has 0 radical (unpaired) electrons. The summed E-state index contributed by atoms with van der Waals surface area (Å²) in [7, 11) is 2.08. The van der Waals surface area contributed by atoms with Gasteiger partial charge in [0.1, 0.15) is 0 Å². The smallest absolute Gasteiger partial charge is 0.186 e. The normalized spacial score (nSPS) is 11.0. The third-order valence-corrected chi connectivity index (χ3v) is 4.71. The van der Waals surface area contributed by atoms with Crippen molar-refractivity contribution in [3.8, 4) is 0 Å². The highest BCUT2D eigenvalue weighted by Gasteiger charge is 2.09. The third-order valence-electron chi connectivity index (χ3n) is 3.58. The first-order valence-electron chi connectivity index (χ1n) is 7.10. The second-order valence-corrected chi connectivity index (χ2v) is 6.26. The highest BCUT2D eigenvalue weighted by molar-refractivity contribution is 7.22. The number of aryl methyl sites for hydroxylation is 1. The Morgan fingerprint density at radius 2 is 1.81 bits per heavy atom. The molecular weight excluding hydrogens is 278 g/mol. The maximum Gasteiger partial charge on any atom is 0.186 e. The molecule has 3 aromatic rings. The van der Waals surface area contributed by atoms with Gasteiger partial charge in [0, 0.05) is 19.3 Å². The first-order chi connectivity index (χ1) is 10.2. The van der Waals surface area contributed by atoms with Gasteiger partial charge in [0.2, 0.25) is 0 Å². The van der Waals surface area contributed by atoms with Crippen LogP contribution in [0, 0.1) is 0 Å². The number of anilines is 2. The molecule has 3 rings (SSSR count). The highest BCUT2D eigenvalue weighted by atomic mass is 32.1. The molecule has 0 fully saturated rings. The number of thiazole rings is 1. The van der Waals surface area contributed by atoms with E-state index in [0.717, 1.165) is 34.0 Å². The molecule has 0 unspecified atom stereocenters. The van der Waals surface area contributed by atoms with Crippen LogP contribution >= 0.6 is 11.3 Å². The second kappa shape index (κ2) is 5.74. The number of nitrogen functional groups attached to an aromatic ring is 1. The Kier molecular flexibility index (Phi) is 3.80. The van der Waals surface area contributed by atoms with E-state index in [1.165, 1.54) is 11.1 Å². The fourth-order valence-electron chi connectivity index (χ4n) is 2.31. The quantitative estimate of drug-likeness (QED) is 0.738. The number of nitrogens with zero attached hydrogens (tertiary/aromatic N) is 2. The van der Waals surface area contributed by atoms with Crippen molar-refractivity contribution in [3.05, 3.63) is 53.6 Å². The summed E-state index contributed by atoms with van der Waals surface area (Å²) in [6.07, 6.45) is 1.08. The molecule has 1 aromatic heterocycles. The highest BCUT2D eigenvalue weighted by Crippen LogP contribution is 2.30. The average molecular weight is 297 g/mol. The molecule has 3 nitrogen and oxygen atoms in total. The van der Waals surface area contributed by atoms with Crippen LogP contribution < -0.4 is 10.6 Å². The number of nitrogens with two attached hydrogens (primary N) is 1. The van der Waals surface area contributed by atoms with Gasteiger partial charge in [0.15, 0.2) is 5.13 Å². The zero-order chi connectivity index (χ0) is 14.8. The third kappa shape index (κ3) is 3.00. The van der Waals surface area contributed by atoms with E-state index < -0.39 is 0 Å². The van der Waals surface area contributed by atoms with Gasteiger partial charge >= 0.3 is 0 Å². The molecule has 1 heterocycles. The minimum Gasteiger partial charge on any atom is -0.399 e. The lowest BCUT2D eigenvalue weighted by molar-refractivity contribution is 0.915. The molecule has 4 heteroatoms. The van der Waals surface area contributed by atoms with E-state index in [1.807, 2.05) is 18.2 Å². The van der Waals surface area contributed by atoms with Crippen molar-refractivity contribution < 1.29 is 0 Å². The SMILES string of the molecule is CCc1ccc(CN(C)c2nc3ccc(N)cc3s2)cc1. The largest absolute Gasteiger partial charge is 0.399 e. The van der Waals surface area contributed by atoms with Crippen molar-refractivity contribution >= 4 is 32.4 Å². The summed E-state index contributed by atoms with van der Waals surface area (Å²) in [4.78, 5) is 6.85. The number of fused-ring (bicyclic) bond motifs is 1. The van der Waals surface area contributed by atoms with Crippen LogP contribution in [0.1, 0.15) is 18.1 Å². The molecule has 0 aliphatic carbocycles. The van der Waals surface area contributed by atoms with Crippen molar-refractivity contribution in [1.29, 1.82) is 0 Å². The van der Waals surface area contributed by atoms with Crippen molar-refractivity contribution in [2.45, 2.75) is 19.9 Å². The van der Waals surface area contributed by atoms with E-state index in [1.54, 1.807) is 11.3 Å². The molecule has 0 amide bonds. The lowest BCUT2D eigenvalue weighted by Gasteiger charge is -2.15. The number of benzene rings is 2. The Hall–Kier alpha value is -2.07. The van der Waals surface area contributed by atoms with Crippen LogP contribution in [0.25, 0.3) is 10.2 Å². The lowest BCUT2D eigenvalue weighted by Crippen LogP contribution is -2.15. The molecule has 2 aromatic carbocycles. The summed E-state index contributed by atoms with van der Waals surface area (Å²) in [5.74, 6) is 0. The minimum absolute atomic E-state index is 0.788. The van der Waals surface area contributed by atoms with E-state index in [-0.39, 0.29) is 0 Å². The minimum atomic E-state index is 0.788. The van der Waals surface area contributed by atoms with E-state index in [9.17, 15) is 0 Å². The van der Waals surface area contributed by atoms with Gasteiger partial charge in [-0.05, 0) is 35.7 Å². The summed E-state index contributed by atoms with van der Waals surface area (Å²) in [6.45, 7) is 3.03. The van der Waals surface area contributed by atoms with Gasteiger partial charge in [-0.3, -0.25) is 0 Å². The number of hydrogen-bond donors (Lipinski definition) is 1. The Bertz CT molecular complexity index is 746. The van der Waals surface area contributed by atoms with Crippen LogP contribution in [0.4, 0.5) is 10.8 Å². The van der Waals surface area contributed by atoms with E-state index >= 15 is 0 Å². The molecule has 2 N–H and O–H groups in total. The van der Waals surface area contributed by atoms with Crippen LogP contribution in [0.15, 0.2) is 42.5 Å². The van der Waals surface area contributed by atoms with Crippen molar-refractivity contribution in [2.24, 2.45) is 0 Å².